The molecule has 20 heavy (non-hydrogen) atoms. The van der Waals surface area contributed by atoms with Crippen LogP contribution < -0.4 is 4.90 Å². The smallest absolute Gasteiger partial charge is 0.253 e. The number of carbonyl (C=O) groups is 2. The summed E-state index contributed by atoms with van der Waals surface area (Å²) in [5.41, 5.74) is 2.01. The minimum absolute atomic E-state index is 0.0817. The molecule has 1 aromatic rings. The standard InChI is InChI=1S/C16H20N2O2/c1-16(2)12-10-11(14(19)18-8-4-5-9-18)6-7-13(12)17(3)15(16)20/h6-7,10H,4-5,8-9H2,1-3H3. The van der Waals surface area contributed by atoms with Crippen LogP contribution in [0.5, 0.6) is 0 Å². The van der Waals surface area contributed by atoms with Gasteiger partial charge in [-0.2, -0.15) is 0 Å². The van der Waals surface area contributed by atoms with Crippen molar-refractivity contribution in [3.63, 3.8) is 0 Å². The lowest BCUT2D eigenvalue weighted by atomic mass is 9.85. The maximum atomic E-state index is 12.4. The van der Waals surface area contributed by atoms with E-state index in [0.29, 0.717) is 5.56 Å². The van der Waals surface area contributed by atoms with Crippen molar-refractivity contribution >= 4 is 17.5 Å². The maximum Gasteiger partial charge on any atom is 0.253 e. The van der Waals surface area contributed by atoms with E-state index >= 15 is 0 Å². The summed E-state index contributed by atoms with van der Waals surface area (Å²) in [5.74, 6) is 0.168. The lowest BCUT2D eigenvalue weighted by Gasteiger charge is -2.18. The molecule has 0 bridgehead atoms. The second-order valence-electron chi connectivity index (χ2n) is 6.22. The molecule has 1 fully saturated rings. The number of anilines is 1. The van der Waals surface area contributed by atoms with Gasteiger partial charge in [0.15, 0.2) is 0 Å². The van der Waals surface area contributed by atoms with E-state index in [1.165, 1.54) is 0 Å². The van der Waals surface area contributed by atoms with Crippen LogP contribution in [0.1, 0.15) is 42.6 Å². The van der Waals surface area contributed by atoms with Crippen molar-refractivity contribution < 1.29 is 9.59 Å². The number of likely N-dealkylation sites (N-methyl/N-ethyl adjacent to an activating group) is 1. The Morgan fingerprint density at radius 1 is 1.20 bits per heavy atom. The van der Waals surface area contributed by atoms with E-state index in [0.717, 1.165) is 37.2 Å². The number of hydrogen-bond acceptors (Lipinski definition) is 2. The molecule has 2 aliphatic heterocycles. The minimum Gasteiger partial charge on any atom is -0.339 e. The molecule has 1 aromatic carbocycles. The molecule has 0 aliphatic carbocycles. The van der Waals surface area contributed by atoms with Crippen LogP contribution in [-0.4, -0.2) is 36.9 Å². The molecule has 106 valence electrons. The molecule has 0 unspecified atom stereocenters. The normalized spacial score (nSPS) is 20.4. The lowest BCUT2D eigenvalue weighted by Crippen LogP contribution is -2.33. The quantitative estimate of drug-likeness (QED) is 0.786. The first kappa shape index (κ1) is 13.2. The number of nitrogens with zero attached hydrogens (tertiary/aromatic N) is 2. The van der Waals surface area contributed by atoms with Crippen molar-refractivity contribution in [3.05, 3.63) is 29.3 Å². The van der Waals surface area contributed by atoms with Gasteiger partial charge in [0.1, 0.15) is 0 Å². The highest BCUT2D eigenvalue weighted by Crippen LogP contribution is 2.41. The Kier molecular flexibility index (Phi) is 2.85. The second-order valence-corrected chi connectivity index (χ2v) is 6.22. The van der Waals surface area contributed by atoms with Gasteiger partial charge in [-0.05, 0) is 50.5 Å². The number of amides is 2. The Morgan fingerprint density at radius 3 is 2.50 bits per heavy atom. The molecule has 0 N–H and O–H groups in total. The van der Waals surface area contributed by atoms with Gasteiger partial charge >= 0.3 is 0 Å². The Balaban J connectivity index is 2.00. The van der Waals surface area contributed by atoms with Crippen molar-refractivity contribution in [2.45, 2.75) is 32.1 Å². The van der Waals surface area contributed by atoms with Crippen LogP contribution in [0.3, 0.4) is 0 Å². The Morgan fingerprint density at radius 2 is 1.85 bits per heavy atom. The third-order valence-electron chi connectivity index (χ3n) is 4.51. The number of benzene rings is 1. The summed E-state index contributed by atoms with van der Waals surface area (Å²) in [6.07, 6.45) is 2.17. The molecule has 0 atom stereocenters. The zero-order valence-corrected chi connectivity index (χ0v) is 12.3. The van der Waals surface area contributed by atoms with Gasteiger partial charge in [0.05, 0.1) is 5.41 Å². The van der Waals surface area contributed by atoms with E-state index in [4.69, 9.17) is 0 Å². The summed E-state index contributed by atoms with van der Waals surface area (Å²) in [6, 6.07) is 5.63. The predicted molar refractivity (Wildman–Crippen MR) is 78.0 cm³/mol. The van der Waals surface area contributed by atoms with Crippen LogP contribution in [0.4, 0.5) is 5.69 Å². The molecule has 4 heteroatoms. The minimum atomic E-state index is -0.550. The monoisotopic (exact) mass is 272 g/mol. The summed E-state index contributed by atoms with van der Waals surface area (Å²) >= 11 is 0. The third kappa shape index (κ3) is 1.74. The van der Waals surface area contributed by atoms with Crippen molar-refractivity contribution in [3.8, 4) is 0 Å². The first-order valence-corrected chi connectivity index (χ1v) is 7.15. The third-order valence-corrected chi connectivity index (χ3v) is 4.51. The van der Waals surface area contributed by atoms with Crippen LogP contribution in [0.25, 0.3) is 0 Å². The van der Waals surface area contributed by atoms with Crippen LogP contribution in [-0.2, 0) is 10.2 Å². The fraction of sp³-hybridized carbons (Fsp3) is 0.500. The highest BCUT2D eigenvalue weighted by Gasteiger charge is 2.42. The van der Waals surface area contributed by atoms with E-state index in [2.05, 4.69) is 0 Å². The van der Waals surface area contributed by atoms with Gasteiger partial charge in [0.25, 0.3) is 5.91 Å². The largest absolute Gasteiger partial charge is 0.339 e. The Hall–Kier alpha value is -1.84. The van der Waals surface area contributed by atoms with Gasteiger partial charge in [-0.3, -0.25) is 9.59 Å². The molecule has 0 spiro atoms. The van der Waals surface area contributed by atoms with E-state index < -0.39 is 5.41 Å². The molecule has 2 amide bonds. The maximum absolute atomic E-state index is 12.4. The van der Waals surface area contributed by atoms with Crippen LogP contribution in [0.2, 0.25) is 0 Å². The van der Waals surface area contributed by atoms with Crippen LogP contribution in [0.15, 0.2) is 18.2 Å². The van der Waals surface area contributed by atoms with Crippen LogP contribution in [0, 0.1) is 0 Å². The Bertz CT molecular complexity index is 586. The molecule has 0 aromatic heterocycles. The zero-order chi connectivity index (χ0) is 14.5. The van der Waals surface area contributed by atoms with Crippen molar-refractivity contribution in [1.82, 2.24) is 4.90 Å². The Labute approximate surface area is 119 Å². The number of likely N-dealkylation sites (tertiary alicyclic amines) is 1. The molecule has 4 nitrogen and oxygen atoms in total. The van der Waals surface area contributed by atoms with Gasteiger partial charge < -0.3 is 9.80 Å². The summed E-state index contributed by atoms with van der Waals surface area (Å²) in [5, 5.41) is 0. The lowest BCUT2D eigenvalue weighted by molar-refractivity contribution is -0.121. The van der Waals surface area contributed by atoms with Crippen molar-refractivity contribution in [2.75, 3.05) is 25.0 Å². The molecular formula is C16H20N2O2. The summed E-state index contributed by atoms with van der Waals surface area (Å²) in [6.45, 7) is 5.53. The molecule has 3 rings (SSSR count). The van der Waals surface area contributed by atoms with Gasteiger partial charge in [0, 0.05) is 31.4 Å². The second kappa shape index (κ2) is 4.33. The molecule has 0 saturated carbocycles. The number of rotatable bonds is 1. The summed E-state index contributed by atoms with van der Waals surface area (Å²) < 4.78 is 0. The molecule has 2 heterocycles. The molecule has 2 aliphatic rings. The summed E-state index contributed by atoms with van der Waals surface area (Å²) in [7, 11) is 1.79. The van der Waals surface area contributed by atoms with Gasteiger partial charge in [-0.15, -0.1) is 0 Å². The summed E-state index contributed by atoms with van der Waals surface area (Å²) in [4.78, 5) is 28.3. The van der Waals surface area contributed by atoms with Gasteiger partial charge in [0.2, 0.25) is 5.91 Å². The first-order valence-electron chi connectivity index (χ1n) is 7.15. The number of hydrogen-bond donors (Lipinski definition) is 0. The highest BCUT2D eigenvalue weighted by atomic mass is 16.2. The first-order chi connectivity index (χ1) is 9.43. The predicted octanol–water partition coefficient (Wildman–Crippen LogP) is 2.18. The van der Waals surface area contributed by atoms with Gasteiger partial charge in [-0.1, -0.05) is 0 Å². The van der Waals surface area contributed by atoms with E-state index in [1.807, 2.05) is 36.9 Å². The SMILES string of the molecule is CN1C(=O)C(C)(C)c2cc(C(=O)N3CCCC3)ccc21. The molecular weight excluding hydrogens is 252 g/mol. The average Bonchev–Trinajstić information content (AvgIpc) is 3.02. The van der Waals surface area contributed by atoms with Gasteiger partial charge in [-0.25, -0.2) is 0 Å². The fourth-order valence-corrected chi connectivity index (χ4v) is 3.21. The number of fused-ring (bicyclic) bond motifs is 1. The van der Waals surface area contributed by atoms with Crippen molar-refractivity contribution in [2.24, 2.45) is 0 Å². The van der Waals surface area contributed by atoms with Crippen LogP contribution >= 0.6 is 0 Å². The fourth-order valence-electron chi connectivity index (χ4n) is 3.21. The molecule has 1 saturated heterocycles. The zero-order valence-electron chi connectivity index (χ0n) is 12.3. The van der Waals surface area contributed by atoms with E-state index in [9.17, 15) is 9.59 Å². The topological polar surface area (TPSA) is 40.6 Å². The highest BCUT2D eigenvalue weighted by molar-refractivity contribution is 6.08. The van der Waals surface area contributed by atoms with Crippen molar-refractivity contribution in [1.29, 1.82) is 0 Å². The van der Waals surface area contributed by atoms with E-state index in [-0.39, 0.29) is 11.8 Å². The van der Waals surface area contributed by atoms with E-state index in [1.54, 1.807) is 11.9 Å². The number of carbonyl (C=O) groups excluding carboxylic acids is 2. The molecule has 0 radical (unpaired) electrons. The average molecular weight is 272 g/mol.